The maximum atomic E-state index is 13.9. The Labute approximate surface area is 158 Å². The molecular weight excluding hydrogens is 411 g/mol. The minimum absolute atomic E-state index is 0.0801. The number of piperazine rings is 1. The first-order valence-electron chi connectivity index (χ1n) is 7.75. The molecule has 7 heteroatoms. The molecule has 0 atom stereocenters. The highest BCUT2D eigenvalue weighted by Crippen LogP contribution is 2.22. The van der Waals surface area contributed by atoms with Gasteiger partial charge in [0.05, 0.1) is 10.6 Å². The fourth-order valence-electron chi connectivity index (χ4n) is 2.75. The van der Waals surface area contributed by atoms with Crippen molar-refractivity contribution >= 4 is 39.3 Å². The molecule has 4 nitrogen and oxygen atoms in total. The van der Waals surface area contributed by atoms with Crippen LogP contribution in [0.3, 0.4) is 0 Å². The van der Waals surface area contributed by atoms with Crippen LogP contribution in [0.25, 0.3) is 0 Å². The molecule has 2 amide bonds. The topological polar surface area (TPSA) is 40.6 Å². The Morgan fingerprint density at radius 3 is 2.04 bits per heavy atom. The van der Waals surface area contributed by atoms with Crippen LogP contribution in [0.2, 0.25) is 5.02 Å². The number of amides is 2. The third-order valence-corrected chi connectivity index (χ3v) is 4.97. The first kappa shape index (κ1) is 17.9. The zero-order valence-electron chi connectivity index (χ0n) is 13.2. The van der Waals surface area contributed by atoms with Crippen LogP contribution in [0.4, 0.5) is 4.39 Å². The Balaban J connectivity index is 1.66. The van der Waals surface area contributed by atoms with Crippen LogP contribution in [-0.2, 0) is 0 Å². The lowest BCUT2D eigenvalue weighted by Gasteiger charge is -2.35. The summed E-state index contributed by atoms with van der Waals surface area (Å²) in [4.78, 5) is 28.2. The van der Waals surface area contributed by atoms with E-state index < -0.39 is 11.7 Å². The highest BCUT2D eigenvalue weighted by atomic mass is 79.9. The van der Waals surface area contributed by atoms with E-state index in [4.69, 9.17) is 11.6 Å². The van der Waals surface area contributed by atoms with E-state index in [1.807, 2.05) is 12.1 Å². The van der Waals surface area contributed by atoms with Gasteiger partial charge in [0.25, 0.3) is 11.8 Å². The molecular formula is C18H15BrClFN2O2. The second-order valence-electron chi connectivity index (χ2n) is 5.69. The van der Waals surface area contributed by atoms with Crippen molar-refractivity contribution in [1.29, 1.82) is 0 Å². The van der Waals surface area contributed by atoms with Crippen LogP contribution in [0, 0.1) is 5.82 Å². The molecule has 0 bridgehead atoms. The van der Waals surface area contributed by atoms with Crippen LogP contribution < -0.4 is 0 Å². The molecule has 0 spiro atoms. The lowest BCUT2D eigenvalue weighted by atomic mass is 10.1. The van der Waals surface area contributed by atoms with E-state index in [2.05, 4.69) is 15.9 Å². The summed E-state index contributed by atoms with van der Waals surface area (Å²) < 4.78 is 14.8. The standard InChI is InChI=1S/C18H15BrClFN2O2/c19-13-6-4-12(5-7-13)17(24)22-8-10-23(11-9-22)18(25)16-14(20)2-1-3-15(16)21/h1-7H,8-11H2. The second kappa shape index (κ2) is 7.54. The molecule has 0 radical (unpaired) electrons. The van der Waals surface area contributed by atoms with Gasteiger partial charge >= 0.3 is 0 Å². The number of nitrogens with zero attached hydrogens (tertiary/aromatic N) is 2. The Morgan fingerprint density at radius 1 is 0.920 bits per heavy atom. The summed E-state index contributed by atoms with van der Waals surface area (Å²) in [5, 5.41) is 0.0957. The third-order valence-electron chi connectivity index (χ3n) is 4.12. The van der Waals surface area contributed by atoms with Crippen molar-refractivity contribution in [2.45, 2.75) is 0 Å². The van der Waals surface area contributed by atoms with Crippen LogP contribution in [0.15, 0.2) is 46.9 Å². The molecule has 25 heavy (non-hydrogen) atoms. The summed E-state index contributed by atoms with van der Waals surface area (Å²) in [6, 6.07) is 11.3. The predicted molar refractivity (Wildman–Crippen MR) is 97.4 cm³/mol. The van der Waals surface area contributed by atoms with Crippen molar-refractivity contribution in [2.75, 3.05) is 26.2 Å². The van der Waals surface area contributed by atoms with Crippen LogP contribution >= 0.6 is 27.5 Å². The smallest absolute Gasteiger partial charge is 0.258 e. The number of benzene rings is 2. The first-order chi connectivity index (χ1) is 12.0. The first-order valence-corrected chi connectivity index (χ1v) is 8.92. The van der Waals surface area contributed by atoms with Crippen molar-refractivity contribution in [1.82, 2.24) is 9.80 Å². The lowest BCUT2D eigenvalue weighted by molar-refractivity contribution is 0.0533. The fraction of sp³-hybridized carbons (Fsp3) is 0.222. The highest BCUT2D eigenvalue weighted by Gasteiger charge is 2.28. The van der Waals surface area contributed by atoms with E-state index in [1.54, 1.807) is 17.0 Å². The maximum absolute atomic E-state index is 13.9. The largest absolute Gasteiger partial charge is 0.335 e. The molecule has 2 aromatic carbocycles. The normalized spacial score (nSPS) is 14.5. The Bertz CT molecular complexity index is 785. The minimum atomic E-state index is -0.633. The van der Waals surface area contributed by atoms with Crippen LogP contribution in [0.1, 0.15) is 20.7 Å². The van der Waals surface area contributed by atoms with Crippen LogP contribution in [-0.4, -0.2) is 47.8 Å². The van der Waals surface area contributed by atoms with Crippen molar-refractivity contribution in [3.8, 4) is 0 Å². The molecule has 0 unspecified atom stereocenters. The summed E-state index contributed by atoms with van der Waals surface area (Å²) in [7, 11) is 0. The number of halogens is 3. The van der Waals surface area contributed by atoms with Gasteiger partial charge in [-0.1, -0.05) is 33.6 Å². The van der Waals surface area contributed by atoms with Crippen molar-refractivity contribution in [2.24, 2.45) is 0 Å². The van der Waals surface area contributed by atoms with E-state index in [1.165, 1.54) is 23.1 Å². The molecule has 1 fully saturated rings. The second-order valence-corrected chi connectivity index (χ2v) is 7.01. The summed E-state index contributed by atoms with van der Waals surface area (Å²) in [5.41, 5.74) is 0.483. The summed E-state index contributed by atoms with van der Waals surface area (Å²) in [6.45, 7) is 1.47. The van der Waals surface area contributed by atoms with Crippen LogP contribution in [0.5, 0.6) is 0 Å². The minimum Gasteiger partial charge on any atom is -0.335 e. The molecule has 3 rings (SSSR count). The van der Waals surface area contributed by atoms with E-state index >= 15 is 0 Å². The maximum Gasteiger partial charge on any atom is 0.258 e. The number of carbonyl (C=O) groups excluding carboxylic acids is 2. The highest BCUT2D eigenvalue weighted by molar-refractivity contribution is 9.10. The van der Waals surface area contributed by atoms with Crippen molar-refractivity contribution in [3.63, 3.8) is 0 Å². The van der Waals surface area contributed by atoms with E-state index in [-0.39, 0.29) is 16.5 Å². The van der Waals surface area contributed by atoms with Gasteiger partial charge in [-0.2, -0.15) is 0 Å². The number of rotatable bonds is 2. The number of hydrogen-bond acceptors (Lipinski definition) is 2. The quantitative estimate of drug-likeness (QED) is 0.733. The molecule has 1 aliphatic rings. The van der Waals surface area contributed by atoms with Gasteiger partial charge in [0.15, 0.2) is 0 Å². The third kappa shape index (κ3) is 3.85. The molecule has 2 aromatic rings. The summed E-state index contributed by atoms with van der Waals surface area (Å²) >= 11 is 9.30. The van der Waals surface area contributed by atoms with Gasteiger partial charge < -0.3 is 9.80 Å². The van der Waals surface area contributed by atoms with Gasteiger partial charge in [-0.3, -0.25) is 9.59 Å². The van der Waals surface area contributed by atoms with E-state index in [0.29, 0.717) is 31.7 Å². The Hall–Kier alpha value is -1.92. The summed E-state index contributed by atoms with van der Waals surface area (Å²) in [5.74, 6) is -1.16. The van der Waals surface area contributed by atoms with Crippen molar-refractivity contribution < 1.29 is 14.0 Å². The van der Waals surface area contributed by atoms with Gasteiger partial charge in [0.2, 0.25) is 0 Å². The molecule has 130 valence electrons. The van der Waals surface area contributed by atoms with Crippen molar-refractivity contribution in [3.05, 3.63) is 68.9 Å². The van der Waals surface area contributed by atoms with Gasteiger partial charge in [0.1, 0.15) is 5.82 Å². The zero-order valence-corrected chi connectivity index (χ0v) is 15.6. The zero-order chi connectivity index (χ0) is 18.0. The fourth-order valence-corrected chi connectivity index (χ4v) is 3.26. The molecule has 0 aromatic heterocycles. The molecule has 0 saturated carbocycles. The molecule has 1 heterocycles. The molecule has 0 aliphatic carbocycles. The Kier molecular flexibility index (Phi) is 5.39. The van der Waals surface area contributed by atoms with E-state index in [9.17, 15) is 14.0 Å². The lowest BCUT2D eigenvalue weighted by Crippen LogP contribution is -2.50. The average Bonchev–Trinajstić information content (AvgIpc) is 2.61. The monoisotopic (exact) mass is 424 g/mol. The average molecular weight is 426 g/mol. The van der Waals surface area contributed by atoms with Gasteiger partial charge in [-0.15, -0.1) is 0 Å². The molecule has 1 saturated heterocycles. The van der Waals surface area contributed by atoms with Gasteiger partial charge in [-0.25, -0.2) is 4.39 Å². The molecule has 0 N–H and O–H groups in total. The Morgan fingerprint density at radius 2 is 1.48 bits per heavy atom. The summed E-state index contributed by atoms with van der Waals surface area (Å²) in [6.07, 6.45) is 0. The number of carbonyl (C=O) groups is 2. The number of hydrogen-bond donors (Lipinski definition) is 0. The predicted octanol–water partition coefficient (Wildman–Crippen LogP) is 3.84. The van der Waals surface area contributed by atoms with Gasteiger partial charge in [-0.05, 0) is 36.4 Å². The van der Waals surface area contributed by atoms with E-state index in [0.717, 1.165) is 4.47 Å². The van der Waals surface area contributed by atoms with Gasteiger partial charge in [0, 0.05) is 36.2 Å². The molecule has 1 aliphatic heterocycles. The SMILES string of the molecule is O=C(c1ccc(Br)cc1)N1CCN(C(=O)c2c(F)cccc2Cl)CC1.